The maximum atomic E-state index is 13.3. The fraction of sp³-hybridized carbons (Fsp3) is 0.143. The number of rotatable bonds is 6. The molecule has 0 amide bonds. The minimum atomic E-state index is -0.618. The number of fused-ring (bicyclic) bond motifs is 1. The van der Waals surface area contributed by atoms with Gasteiger partial charge in [-0.15, -0.1) is 0 Å². The van der Waals surface area contributed by atoms with E-state index >= 15 is 0 Å². The summed E-state index contributed by atoms with van der Waals surface area (Å²) in [6.07, 6.45) is 1.42. The van der Waals surface area contributed by atoms with E-state index in [1.54, 1.807) is 16.6 Å². The number of nitrogens with one attached hydrogen (secondary N) is 1. The SMILES string of the molecule is COC(=O)C(CNc1cc(-c2ccccc2)nc2ncnn12)c1ccc(F)cc1. The number of nitrogens with zero attached hydrogens (tertiary/aromatic N) is 4. The maximum absolute atomic E-state index is 13.3. The van der Waals surface area contributed by atoms with Crippen LogP contribution in [0, 0.1) is 5.82 Å². The van der Waals surface area contributed by atoms with Crippen LogP contribution < -0.4 is 5.32 Å². The number of esters is 1. The van der Waals surface area contributed by atoms with Gasteiger partial charge in [0.05, 0.1) is 18.7 Å². The Hall–Kier alpha value is -3.81. The lowest BCUT2D eigenvalue weighted by molar-refractivity contribution is -0.142. The molecule has 0 saturated heterocycles. The Kier molecular flexibility index (Phi) is 5.15. The number of carbonyl (C=O) groups excluding carboxylic acids is 1. The molecule has 0 aliphatic heterocycles. The molecular weight excluding hydrogens is 373 g/mol. The smallest absolute Gasteiger partial charge is 0.314 e. The number of anilines is 1. The summed E-state index contributed by atoms with van der Waals surface area (Å²) in [7, 11) is 1.33. The van der Waals surface area contributed by atoms with Crippen molar-refractivity contribution in [2.24, 2.45) is 0 Å². The van der Waals surface area contributed by atoms with Gasteiger partial charge in [-0.2, -0.15) is 14.6 Å². The van der Waals surface area contributed by atoms with E-state index in [1.807, 2.05) is 36.4 Å². The van der Waals surface area contributed by atoms with E-state index in [2.05, 4.69) is 20.4 Å². The lowest BCUT2D eigenvalue weighted by Crippen LogP contribution is -2.23. The summed E-state index contributed by atoms with van der Waals surface area (Å²) in [6.45, 7) is 0.228. The highest BCUT2D eigenvalue weighted by Gasteiger charge is 2.22. The van der Waals surface area contributed by atoms with Crippen molar-refractivity contribution in [3.05, 3.63) is 78.4 Å². The number of methoxy groups -OCH3 is 1. The summed E-state index contributed by atoms with van der Waals surface area (Å²) in [4.78, 5) is 21.0. The van der Waals surface area contributed by atoms with Crippen molar-refractivity contribution in [3.8, 4) is 11.3 Å². The molecule has 2 heterocycles. The van der Waals surface area contributed by atoms with Crippen molar-refractivity contribution < 1.29 is 13.9 Å². The topological polar surface area (TPSA) is 81.4 Å². The first-order chi connectivity index (χ1) is 14.2. The molecular formula is C21H18FN5O2. The van der Waals surface area contributed by atoms with Gasteiger partial charge in [0.1, 0.15) is 18.0 Å². The van der Waals surface area contributed by atoms with E-state index in [1.165, 1.54) is 25.6 Å². The van der Waals surface area contributed by atoms with Crippen LogP contribution in [-0.4, -0.2) is 39.2 Å². The largest absolute Gasteiger partial charge is 0.468 e. The van der Waals surface area contributed by atoms with E-state index in [4.69, 9.17) is 4.74 Å². The first kappa shape index (κ1) is 18.5. The van der Waals surface area contributed by atoms with Crippen molar-refractivity contribution in [2.45, 2.75) is 5.92 Å². The van der Waals surface area contributed by atoms with Crippen LogP contribution in [0.4, 0.5) is 10.2 Å². The molecule has 0 spiro atoms. The van der Waals surface area contributed by atoms with Crippen LogP contribution in [0.15, 0.2) is 67.0 Å². The molecule has 146 valence electrons. The number of ether oxygens (including phenoxy) is 1. The third-order valence-corrected chi connectivity index (χ3v) is 4.57. The predicted molar refractivity (Wildman–Crippen MR) is 106 cm³/mol. The number of hydrogen-bond donors (Lipinski definition) is 1. The summed E-state index contributed by atoms with van der Waals surface area (Å²) in [5.41, 5.74) is 2.31. The second-order valence-electron chi connectivity index (χ2n) is 6.37. The van der Waals surface area contributed by atoms with E-state index < -0.39 is 11.9 Å². The zero-order valence-corrected chi connectivity index (χ0v) is 15.6. The van der Waals surface area contributed by atoms with Gasteiger partial charge < -0.3 is 10.1 Å². The van der Waals surface area contributed by atoms with Crippen LogP contribution in [-0.2, 0) is 9.53 Å². The Morgan fingerprint density at radius 3 is 2.66 bits per heavy atom. The quantitative estimate of drug-likeness (QED) is 0.508. The van der Waals surface area contributed by atoms with Crippen molar-refractivity contribution in [2.75, 3.05) is 19.0 Å². The van der Waals surface area contributed by atoms with Crippen LogP contribution in [0.5, 0.6) is 0 Å². The highest BCUT2D eigenvalue weighted by atomic mass is 19.1. The molecule has 0 aliphatic carbocycles. The first-order valence-corrected chi connectivity index (χ1v) is 8.99. The monoisotopic (exact) mass is 391 g/mol. The van der Waals surface area contributed by atoms with Crippen molar-refractivity contribution in [1.82, 2.24) is 19.6 Å². The number of hydrogen-bond acceptors (Lipinski definition) is 6. The second-order valence-corrected chi connectivity index (χ2v) is 6.37. The second kappa shape index (κ2) is 8.05. The van der Waals surface area contributed by atoms with Crippen LogP contribution in [0.3, 0.4) is 0 Å². The molecule has 0 aliphatic rings. The van der Waals surface area contributed by atoms with Crippen LogP contribution in [0.1, 0.15) is 11.5 Å². The number of halogens is 1. The fourth-order valence-corrected chi connectivity index (χ4v) is 3.08. The summed E-state index contributed by atoms with van der Waals surface area (Å²) < 4.78 is 19.8. The molecule has 2 aromatic heterocycles. The summed E-state index contributed by atoms with van der Waals surface area (Å²) in [5, 5.41) is 7.43. The molecule has 29 heavy (non-hydrogen) atoms. The van der Waals surface area contributed by atoms with E-state index in [-0.39, 0.29) is 12.4 Å². The van der Waals surface area contributed by atoms with Gasteiger partial charge in [-0.1, -0.05) is 42.5 Å². The Morgan fingerprint density at radius 2 is 1.93 bits per heavy atom. The molecule has 2 aromatic carbocycles. The van der Waals surface area contributed by atoms with Gasteiger partial charge in [-0.25, -0.2) is 9.37 Å². The highest BCUT2D eigenvalue weighted by molar-refractivity contribution is 5.79. The van der Waals surface area contributed by atoms with Crippen LogP contribution in [0.2, 0.25) is 0 Å². The maximum Gasteiger partial charge on any atom is 0.314 e. The minimum Gasteiger partial charge on any atom is -0.468 e. The molecule has 0 radical (unpaired) electrons. The third kappa shape index (κ3) is 3.91. The van der Waals surface area contributed by atoms with Gasteiger partial charge in [-0.05, 0) is 17.7 Å². The lowest BCUT2D eigenvalue weighted by atomic mass is 9.99. The zero-order chi connectivity index (χ0) is 20.2. The van der Waals surface area contributed by atoms with Gasteiger partial charge in [0.15, 0.2) is 0 Å². The minimum absolute atomic E-state index is 0.228. The highest BCUT2D eigenvalue weighted by Crippen LogP contribution is 2.23. The summed E-state index contributed by atoms with van der Waals surface area (Å²) in [6, 6.07) is 17.3. The molecule has 0 bridgehead atoms. The van der Waals surface area contributed by atoms with Gasteiger partial charge >= 0.3 is 5.97 Å². The van der Waals surface area contributed by atoms with Crippen molar-refractivity contribution >= 4 is 17.6 Å². The first-order valence-electron chi connectivity index (χ1n) is 8.99. The van der Waals surface area contributed by atoms with Gasteiger partial charge in [0.2, 0.25) is 0 Å². The van der Waals surface area contributed by atoms with Gasteiger partial charge in [0.25, 0.3) is 5.78 Å². The fourth-order valence-electron chi connectivity index (χ4n) is 3.08. The van der Waals surface area contributed by atoms with E-state index in [0.717, 1.165) is 11.3 Å². The predicted octanol–water partition coefficient (Wildman–Crippen LogP) is 3.30. The molecule has 4 aromatic rings. The van der Waals surface area contributed by atoms with Gasteiger partial charge in [-0.3, -0.25) is 4.79 Å². The number of carbonyl (C=O) groups is 1. The summed E-state index contributed by atoms with van der Waals surface area (Å²) in [5.74, 6) is -0.340. The Labute approximate surface area is 166 Å². The Bertz CT molecular complexity index is 1130. The number of benzene rings is 2. The van der Waals surface area contributed by atoms with E-state index in [0.29, 0.717) is 17.2 Å². The molecule has 0 fully saturated rings. The lowest BCUT2D eigenvalue weighted by Gasteiger charge is -2.17. The molecule has 1 atom stereocenters. The molecule has 4 rings (SSSR count). The molecule has 1 unspecified atom stereocenters. The summed E-state index contributed by atoms with van der Waals surface area (Å²) >= 11 is 0. The van der Waals surface area contributed by atoms with Crippen molar-refractivity contribution in [3.63, 3.8) is 0 Å². The third-order valence-electron chi connectivity index (χ3n) is 4.57. The van der Waals surface area contributed by atoms with Gasteiger partial charge in [0, 0.05) is 18.2 Å². The molecule has 0 saturated carbocycles. The molecule has 7 nitrogen and oxygen atoms in total. The zero-order valence-electron chi connectivity index (χ0n) is 15.6. The normalized spacial score (nSPS) is 11.9. The Balaban J connectivity index is 1.66. The van der Waals surface area contributed by atoms with Crippen LogP contribution >= 0.6 is 0 Å². The van der Waals surface area contributed by atoms with Crippen molar-refractivity contribution in [1.29, 1.82) is 0 Å². The average Bonchev–Trinajstić information content (AvgIpc) is 3.24. The standard InChI is InChI=1S/C21H18FN5O2/c1-29-20(28)17(14-7-9-16(22)10-8-14)12-23-19-11-18(15-5-3-2-4-6-15)26-21-24-13-25-27(19)21/h2-11,13,17,23H,12H2,1H3. The van der Waals surface area contributed by atoms with Crippen LogP contribution in [0.25, 0.3) is 17.0 Å². The average molecular weight is 391 g/mol. The molecule has 1 N–H and O–H groups in total. The molecule has 8 heteroatoms. The number of aromatic nitrogens is 4. The Morgan fingerprint density at radius 1 is 1.17 bits per heavy atom. The van der Waals surface area contributed by atoms with E-state index in [9.17, 15) is 9.18 Å².